The predicted octanol–water partition coefficient (Wildman–Crippen LogP) is 1.64. The van der Waals surface area contributed by atoms with Gasteiger partial charge in [0.1, 0.15) is 11.5 Å². The standard InChI is InChI=1S/C17H17N3O6/c1-9-7-14(20-26-9)19-16(22)10(2)24-15(21)8-13-17(23)18-11-5-3-4-6-12(11)25-13/h3-7,10,13H,8H2,1-2H3,(H,18,23)(H,19,20,22)/t10-,13-/m1/s1. The van der Waals surface area contributed by atoms with Crippen LogP contribution in [-0.2, 0) is 19.1 Å². The lowest BCUT2D eigenvalue weighted by molar-refractivity contribution is -0.155. The van der Waals surface area contributed by atoms with E-state index < -0.39 is 30.0 Å². The first-order valence-electron chi connectivity index (χ1n) is 7.92. The van der Waals surface area contributed by atoms with Crippen molar-refractivity contribution in [3.8, 4) is 5.75 Å². The molecule has 1 aliphatic rings. The maximum absolute atomic E-state index is 12.0. The van der Waals surface area contributed by atoms with Crippen LogP contribution in [0.2, 0.25) is 0 Å². The summed E-state index contributed by atoms with van der Waals surface area (Å²) in [5.41, 5.74) is 0.540. The smallest absolute Gasteiger partial charge is 0.310 e. The summed E-state index contributed by atoms with van der Waals surface area (Å²) in [5, 5.41) is 8.74. The zero-order chi connectivity index (χ0) is 18.7. The fourth-order valence-corrected chi connectivity index (χ4v) is 2.33. The molecule has 1 aromatic heterocycles. The minimum Gasteiger partial charge on any atom is -0.478 e. The number of rotatable bonds is 5. The molecule has 0 fully saturated rings. The normalized spacial score (nSPS) is 16.7. The highest BCUT2D eigenvalue weighted by molar-refractivity contribution is 6.00. The molecule has 0 saturated heterocycles. The molecular weight excluding hydrogens is 342 g/mol. The molecule has 2 atom stereocenters. The first kappa shape index (κ1) is 17.5. The van der Waals surface area contributed by atoms with E-state index in [1.54, 1.807) is 31.2 Å². The molecule has 3 rings (SSSR count). The predicted molar refractivity (Wildman–Crippen MR) is 89.5 cm³/mol. The summed E-state index contributed by atoms with van der Waals surface area (Å²) in [6.07, 6.45) is -2.41. The van der Waals surface area contributed by atoms with Gasteiger partial charge < -0.3 is 24.6 Å². The minimum absolute atomic E-state index is 0.224. The molecule has 2 amide bonds. The fourth-order valence-electron chi connectivity index (χ4n) is 2.33. The van der Waals surface area contributed by atoms with Crippen LogP contribution in [0.15, 0.2) is 34.9 Å². The molecule has 2 aromatic rings. The number of para-hydroxylation sites is 2. The number of amides is 2. The van der Waals surface area contributed by atoms with Crippen LogP contribution in [0.4, 0.5) is 11.5 Å². The second-order valence-corrected chi connectivity index (χ2v) is 5.74. The zero-order valence-electron chi connectivity index (χ0n) is 14.1. The SMILES string of the molecule is Cc1cc(NC(=O)[C@@H](C)OC(=O)C[C@H]2Oc3ccccc3NC2=O)no1. The largest absolute Gasteiger partial charge is 0.478 e. The van der Waals surface area contributed by atoms with Crippen LogP contribution in [0, 0.1) is 6.92 Å². The second-order valence-electron chi connectivity index (χ2n) is 5.74. The number of carbonyl (C=O) groups is 3. The Kier molecular flexibility index (Phi) is 4.87. The third-order valence-electron chi connectivity index (χ3n) is 3.62. The number of benzene rings is 1. The summed E-state index contributed by atoms with van der Waals surface area (Å²) in [6.45, 7) is 3.09. The van der Waals surface area contributed by atoms with Gasteiger partial charge in [-0.3, -0.25) is 14.4 Å². The van der Waals surface area contributed by atoms with Crippen LogP contribution in [-0.4, -0.2) is 35.1 Å². The summed E-state index contributed by atoms with van der Waals surface area (Å²) in [6, 6.07) is 8.42. The number of ether oxygens (including phenoxy) is 2. The Hall–Kier alpha value is -3.36. The lowest BCUT2D eigenvalue weighted by atomic mass is 10.1. The van der Waals surface area contributed by atoms with Gasteiger partial charge in [-0.05, 0) is 26.0 Å². The average Bonchev–Trinajstić information content (AvgIpc) is 3.00. The highest BCUT2D eigenvalue weighted by Gasteiger charge is 2.31. The third-order valence-corrected chi connectivity index (χ3v) is 3.62. The number of aromatic nitrogens is 1. The van der Waals surface area contributed by atoms with Crippen molar-refractivity contribution in [1.29, 1.82) is 0 Å². The number of carbonyl (C=O) groups excluding carboxylic acids is 3. The lowest BCUT2D eigenvalue weighted by Gasteiger charge is -2.25. The minimum atomic E-state index is -1.07. The van der Waals surface area contributed by atoms with E-state index in [1.165, 1.54) is 13.0 Å². The van der Waals surface area contributed by atoms with E-state index >= 15 is 0 Å². The molecule has 26 heavy (non-hydrogen) atoms. The third kappa shape index (κ3) is 4.00. The van der Waals surface area contributed by atoms with Gasteiger partial charge in [0, 0.05) is 6.07 Å². The molecular formula is C17H17N3O6. The van der Waals surface area contributed by atoms with Crippen molar-refractivity contribution < 1.29 is 28.4 Å². The van der Waals surface area contributed by atoms with E-state index in [4.69, 9.17) is 14.0 Å². The molecule has 0 spiro atoms. The van der Waals surface area contributed by atoms with Crippen LogP contribution in [0.1, 0.15) is 19.1 Å². The number of esters is 1. The Labute approximate surface area is 148 Å². The molecule has 9 nitrogen and oxygen atoms in total. The summed E-state index contributed by atoms with van der Waals surface area (Å²) < 4.78 is 15.4. The Morgan fingerprint density at radius 1 is 1.38 bits per heavy atom. The molecule has 1 aromatic carbocycles. The Balaban J connectivity index is 1.53. The van der Waals surface area contributed by atoms with Crippen molar-refractivity contribution in [1.82, 2.24) is 5.16 Å². The van der Waals surface area contributed by atoms with Gasteiger partial charge in [-0.1, -0.05) is 17.3 Å². The summed E-state index contributed by atoms with van der Waals surface area (Å²) in [4.78, 5) is 36.1. The number of hydrogen-bond acceptors (Lipinski definition) is 7. The van der Waals surface area contributed by atoms with Crippen LogP contribution in [0.3, 0.4) is 0 Å². The zero-order valence-corrected chi connectivity index (χ0v) is 14.1. The van der Waals surface area contributed by atoms with Gasteiger partial charge in [0.15, 0.2) is 18.0 Å². The Bertz CT molecular complexity index is 847. The lowest BCUT2D eigenvalue weighted by Crippen LogP contribution is -2.40. The molecule has 9 heteroatoms. The van der Waals surface area contributed by atoms with Crippen molar-refractivity contribution in [2.75, 3.05) is 10.6 Å². The van der Waals surface area contributed by atoms with Crippen molar-refractivity contribution in [3.05, 3.63) is 36.1 Å². The van der Waals surface area contributed by atoms with E-state index in [-0.39, 0.29) is 12.2 Å². The van der Waals surface area contributed by atoms with Gasteiger partial charge in [0.25, 0.3) is 11.8 Å². The molecule has 136 valence electrons. The van der Waals surface area contributed by atoms with Crippen LogP contribution >= 0.6 is 0 Å². The fraction of sp³-hybridized carbons (Fsp3) is 0.294. The molecule has 0 radical (unpaired) electrons. The highest BCUT2D eigenvalue weighted by atomic mass is 16.6. The molecule has 2 N–H and O–H groups in total. The number of nitrogens with one attached hydrogen (secondary N) is 2. The summed E-state index contributed by atoms with van der Waals surface area (Å²) in [7, 11) is 0. The van der Waals surface area contributed by atoms with Gasteiger partial charge >= 0.3 is 5.97 Å². The number of hydrogen-bond donors (Lipinski definition) is 2. The van der Waals surface area contributed by atoms with Gasteiger partial charge in [-0.2, -0.15) is 0 Å². The van der Waals surface area contributed by atoms with Crippen molar-refractivity contribution in [3.63, 3.8) is 0 Å². The van der Waals surface area contributed by atoms with Gasteiger partial charge in [0.05, 0.1) is 12.1 Å². The number of aryl methyl sites for hydroxylation is 1. The highest BCUT2D eigenvalue weighted by Crippen LogP contribution is 2.29. The Morgan fingerprint density at radius 3 is 2.88 bits per heavy atom. The number of fused-ring (bicyclic) bond motifs is 1. The van der Waals surface area contributed by atoms with Crippen LogP contribution < -0.4 is 15.4 Å². The monoisotopic (exact) mass is 359 g/mol. The second kappa shape index (κ2) is 7.26. The van der Waals surface area contributed by atoms with Crippen LogP contribution in [0.5, 0.6) is 5.75 Å². The van der Waals surface area contributed by atoms with Crippen molar-refractivity contribution in [2.45, 2.75) is 32.5 Å². The van der Waals surface area contributed by atoms with E-state index in [0.717, 1.165) is 0 Å². The van der Waals surface area contributed by atoms with E-state index in [9.17, 15) is 14.4 Å². The van der Waals surface area contributed by atoms with E-state index in [2.05, 4.69) is 15.8 Å². The first-order valence-corrected chi connectivity index (χ1v) is 7.92. The van der Waals surface area contributed by atoms with E-state index in [0.29, 0.717) is 17.2 Å². The first-order chi connectivity index (χ1) is 12.4. The van der Waals surface area contributed by atoms with Crippen molar-refractivity contribution in [2.24, 2.45) is 0 Å². The van der Waals surface area contributed by atoms with Gasteiger partial charge in [-0.15, -0.1) is 0 Å². The van der Waals surface area contributed by atoms with Crippen molar-refractivity contribution >= 4 is 29.3 Å². The summed E-state index contributed by atoms with van der Waals surface area (Å²) in [5.74, 6) is -0.518. The van der Waals surface area contributed by atoms with Gasteiger partial charge in [0.2, 0.25) is 0 Å². The van der Waals surface area contributed by atoms with E-state index in [1.807, 2.05) is 0 Å². The quantitative estimate of drug-likeness (QED) is 0.779. The molecule has 2 heterocycles. The average molecular weight is 359 g/mol. The number of anilines is 2. The molecule has 0 aliphatic carbocycles. The molecule has 0 bridgehead atoms. The van der Waals surface area contributed by atoms with Gasteiger partial charge in [-0.25, -0.2) is 0 Å². The topological polar surface area (TPSA) is 120 Å². The summed E-state index contributed by atoms with van der Waals surface area (Å²) >= 11 is 0. The van der Waals surface area contributed by atoms with Crippen LogP contribution in [0.25, 0.3) is 0 Å². The molecule has 0 unspecified atom stereocenters. The Morgan fingerprint density at radius 2 is 2.15 bits per heavy atom. The molecule has 0 saturated carbocycles. The number of nitrogens with zero attached hydrogens (tertiary/aromatic N) is 1. The molecule has 1 aliphatic heterocycles. The maximum atomic E-state index is 12.0. The maximum Gasteiger partial charge on any atom is 0.310 e.